The van der Waals surface area contributed by atoms with Gasteiger partial charge in [-0.05, 0) is 25.4 Å². The fraction of sp³-hybridized carbons (Fsp3) is 0.357. The standard InChI is InChI=1S/C14H18N2O4S2/c1-10(7-12-5-4-6-21-12)16(3)14(17)11-8-13(20-9-11)22(18,19)15-2/h4-6,8-10,15H,7H2,1-3H3. The summed E-state index contributed by atoms with van der Waals surface area (Å²) in [6.45, 7) is 1.95. The minimum atomic E-state index is -3.68. The van der Waals surface area contributed by atoms with Gasteiger partial charge in [0.25, 0.3) is 15.9 Å². The van der Waals surface area contributed by atoms with Crippen molar-refractivity contribution in [3.63, 3.8) is 0 Å². The van der Waals surface area contributed by atoms with Gasteiger partial charge in [0, 0.05) is 30.5 Å². The van der Waals surface area contributed by atoms with Crippen molar-refractivity contribution in [2.24, 2.45) is 0 Å². The third kappa shape index (κ3) is 3.57. The third-order valence-corrected chi connectivity index (χ3v) is 5.59. The maximum atomic E-state index is 12.4. The number of thiophene rings is 1. The summed E-state index contributed by atoms with van der Waals surface area (Å²) in [5.74, 6) is -0.273. The molecule has 2 rings (SSSR count). The monoisotopic (exact) mass is 342 g/mol. The van der Waals surface area contributed by atoms with Crippen LogP contribution in [0.1, 0.15) is 22.2 Å². The second-order valence-electron chi connectivity index (χ2n) is 4.91. The molecule has 1 unspecified atom stereocenters. The van der Waals surface area contributed by atoms with Crippen LogP contribution in [0, 0.1) is 0 Å². The number of nitrogens with zero attached hydrogens (tertiary/aromatic N) is 1. The number of carbonyl (C=O) groups is 1. The topological polar surface area (TPSA) is 79.6 Å². The number of likely N-dealkylation sites (N-methyl/N-ethyl adjacent to an activating group) is 1. The Hall–Kier alpha value is -1.64. The zero-order chi connectivity index (χ0) is 16.3. The molecule has 1 N–H and O–H groups in total. The smallest absolute Gasteiger partial charge is 0.273 e. The second-order valence-corrected chi connectivity index (χ2v) is 7.76. The fourth-order valence-corrected chi connectivity index (χ4v) is 3.42. The van der Waals surface area contributed by atoms with Gasteiger partial charge in [-0.1, -0.05) is 6.07 Å². The number of furan rings is 1. The van der Waals surface area contributed by atoms with E-state index in [0.717, 1.165) is 6.42 Å². The van der Waals surface area contributed by atoms with E-state index >= 15 is 0 Å². The van der Waals surface area contributed by atoms with Crippen LogP contribution in [0.3, 0.4) is 0 Å². The van der Waals surface area contributed by atoms with Gasteiger partial charge < -0.3 is 9.32 Å². The quantitative estimate of drug-likeness (QED) is 0.870. The first-order valence-corrected chi connectivity index (χ1v) is 9.03. The molecular weight excluding hydrogens is 324 g/mol. The zero-order valence-electron chi connectivity index (χ0n) is 12.6. The third-order valence-electron chi connectivity index (χ3n) is 3.41. The van der Waals surface area contributed by atoms with Crippen LogP contribution in [-0.4, -0.2) is 39.4 Å². The van der Waals surface area contributed by atoms with Crippen molar-refractivity contribution in [1.82, 2.24) is 9.62 Å². The molecule has 0 saturated heterocycles. The summed E-state index contributed by atoms with van der Waals surface area (Å²) in [6.07, 6.45) is 1.92. The highest BCUT2D eigenvalue weighted by atomic mass is 32.2. The Bertz CT molecular complexity index is 735. The van der Waals surface area contributed by atoms with E-state index in [4.69, 9.17) is 4.42 Å². The van der Waals surface area contributed by atoms with Gasteiger partial charge in [0.1, 0.15) is 6.26 Å². The zero-order valence-corrected chi connectivity index (χ0v) is 14.2. The Morgan fingerprint density at radius 2 is 2.23 bits per heavy atom. The maximum absolute atomic E-state index is 12.4. The SMILES string of the molecule is CNS(=O)(=O)c1cc(C(=O)N(C)C(C)Cc2cccs2)co1. The number of carbonyl (C=O) groups excluding carboxylic acids is 1. The van der Waals surface area contributed by atoms with Gasteiger partial charge in [-0.25, -0.2) is 13.1 Å². The molecular formula is C14H18N2O4S2. The summed E-state index contributed by atoms with van der Waals surface area (Å²) in [7, 11) is -0.703. The molecule has 22 heavy (non-hydrogen) atoms. The minimum absolute atomic E-state index is 0.00888. The normalized spacial score (nSPS) is 13.0. The Labute approximate surface area is 133 Å². The molecule has 120 valence electrons. The molecule has 8 heteroatoms. The molecule has 6 nitrogen and oxygen atoms in total. The molecule has 0 aliphatic heterocycles. The fourth-order valence-electron chi connectivity index (χ4n) is 1.93. The van der Waals surface area contributed by atoms with Crippen LogP contribution in [0.25, 0.3) is 0 Å². The van der Waals surface area contributed by atoms with E-state index in [-0.39, 0.29) is 22.6 Å². The van der Waals surface area contributed by atoms with Crippen molar-refractivity contribution >= 4 is 27.3 Å². The lowest BCUT2D eigenvalue weighted by Crippen LogP contribution is -2.36. The lowest BCUT2D eigenvalue weighted by atomic mass is 10.1. The molecule has 0 aliphatic carbocycles. The summed E-state index contributed by atoms with van der Waals surface area (Å²) < 4.78 is 30.4. The van der Waals surface area contributed by atoms with E-state index in [1.54, 1.807) is 23.3 Å². The molecule has 1 atom stereocenters. The summed E-state index contributed by atoms with van der Waals surface area (Å²) in [6, 6.07) is 5.22. The lowest BCUT2D eigenvalue weighted by Gasteiger charge is -2.24. The van der Waals surface area contributed by atoms with Crippen LogP contribution in [0.2, 0.25) is 0 Å². The highest BCUT2D eigenvalue weighted by Crippen LogP contribution is 2.18. The van der Waals surface area contributed by atoms with E-state index < -0.39 is 10.0 Å². The largest absolute Gasteiger partial charge is 0.451 e. The number of sulfonamides is 1. The number of hydrogen-bond acceptors (Lipinski definition) is 5. The molecule has 0 saturated carbocycles. The highest BCUT2D eigenvalue weighted by molar-refractivity contribution is 7.89. The number of hydrogen-bond donors (Lipinski definition) is 1. The van der Waals surface area contributed by atoms with Crippen molar-refractivity contribution in [2.75, 3.05) is 14.1 Å². The molecule has 0 aromatic carbocycles. The van der Waals surface area contributed by atoms with Crippen molar-refractivity contribution < 1.29 is 17.6 Å². The van der Waals surface area contributed by atoms with Crippen LogP contribution in [0.4, 0.5) is 0 Å². The lowest BCUT2D eigenvalue weighted by molar-refractivity contribution is 0.0743. The first-order chi connectivity index (χ1) is 10.3. The molecule has 2 aromatic heterocycles. The van der Waals surface area contributed by atoms with E-state index in [2.05, 4.69) is 4.72 Å². The Morgan fingerprint density at radius 3 is 2.82 bits per heavy atom. The average Bonchev–Trinajstić information content (AvgIpc) is 3.17. The summed E-state index contributed by atoms with van der Waals surface area (Å²) in [4.78, 5) is 15.2. The molecule has 2 aromatic rings. The van der Waals surface area contributed by atoms with Gasteiger partial charge in [0.15, 0.2) is 0 Å². The van der Waals surface area contributed by atoms with E-state index in [1.807, 2.05) is 24.4 Å². The first-order valence-electron chi connectivity index (χ1n) is 6.66. The van der Waals surface area contributed by atoms with Crippen LogP contribution in [0.15, 0.2) is 39.4 Å². The van der Waals surface area contributed by atoms with Crippen molar-refractivity contribution in [3.8, 4) is 0 Å². The van der Waals surface area contributed by atoms with Crippen molar-refractivity contribution in [1.29, 1.82) is 0 Å². The van der Waals surface area contributed by atoms with E-state index in [0.29, 0.717) is 0 Å². The number of rotatable bonds is 6. The predicted octanol–water partition coefficient (Wildman–Crippen LogP) is 1.95. The van der Waals surface area contributed by atoms with Crippen LogP contribution in [-0.2, 0) is 16.4 Å². The molecule has 0 bridgehead atoms. The van der Waals surface area contributed by atoms with Crippen LogP contribution in [0.5, 0.6) is 0 Å². The van der Waals surface area contributed by atoms with Gasteiger partial charge in [0.2, 0.25) is 5.09 Å². The highest BCUT2D eigenvalue weighted by Gasteiger charge is 2.23. The van der Waals surface area contributed by atoms with Gasteiger partial charge >= 0.3 is 0 Å². The van der Waals surface area contributed by atoms with Crippen molar-refractivity contribution in [2.45, 2.75) is 24.5 Å². The summed E-state index contributed by atoms with van der Waals surface area (Å²) in [5, 5.41) is 1.73. The second kappa shape index (κ2) is 6.64. The summed E-state index contributed by atoms with van der Waals surface area (Å²) >= 11 is 1.64. The maximum Gasteiger partial charge on any atom is 0.273 e. The van der Waals surface area contributed by atoms with Crippen LogP contribution >= 0.6 is 11.3 Å². The molecule has 1 amide bonds. The van der Waals surface area contributed by atoms with Gasteiger partial charge in [-0.3, -0.25) is 4.79 Å². The molecule has 0 aliphatic rings. The first kappa shape index (κ1) is 16.7. The molecule has 0 spiro atoms. The predicted molar refractivity (Wildman–Crippen MR) is 84.5 cm³/mol. The number of nitrogens with one attached hydrogen (secondary N) is 1. The van der Waals surface area contributed by atoms with Crippen molar-refractivity contribution in [3.05, 3.63) is 40.3 Å². The van der Waals surface area contributed by atoms with Gasteiger partial charge in [0.05, 0.1) is 5.56 Å². The number of amides is 1. The Kier molecular flexibility index (Phi) is 5.05. The molecule has 0 fully saturated rings. The van der Waals surface area contributed by atoms with Gasteiger partial charge in [-0.2, -0.15) is 0 Å². The molecule has 0 radical (unpaired) electrons. The van der Waals surface area contributed by atoms with Crippen LogP contribution < -0.4 is 4.72 Å². The van der Waals surface area contributed by atoms with E-state index in [1.165, 1.54) is 24.3 Å². The minimum Gasteiger partial charge on any atom is -0.451 e. The Balaban J connectivity index is 2.10. The van der Waals surface area contributed by atoms with Gasteiger partial charge in [-0.15, -0.1) is 11.3 Å². The summed E-state index contributed by atoms with van der Waals surface area (Å²) in [5.41, 5.74) is 0.217. The Morgan fingerprint density at radius 1 is 1.50 bits per heavy atom. The average molecular weight is 342 g/mol. The molecule has 2 heterocycles. The van der Waals surface area contributed by atoms with E-state index in [9.17, 15) is 13.2 Å².